The van der Waals surface area contributed by atoms with Crippen molar-refractivity contribution in [3.63, 3.8) is 0 Å². The number of hydrogen-bond donors (Lipinski definition) is 2. The number of benzene rings is 1. The van der Waals surface area contributed by atoms with Crippen molar-refractivity contribution in [1.29, 1.82) is 0 Å². The second-order valence-electron chi connectivity index (χ2n) is 6.51. The van der Waals surface area contributed by atoms with E-state index in [1.54, 1.807) is 11.6 Å². The van der Waals surface area contributed by atoms with Crippen molar-refractivity contribution >= 4 is 35.5 Å². The monoisotopic (exact) mass is 403 g/mol. The predicted molar refractivity (Wildman–Crippen MR) is 110 cm³/mol. The summed E-state index contributed by atoms with van der Waals surface area (Å²) in [6.45, 7) is 2.30. The Hall–Kier alpha value is -2.22. The molecule has 0 bridgehead atoms. The van der Waals surface area contributed by atoms with Crippen LogP contribution in [0.5, 0.6) is 0 Å². The minimum atomic E-state index is -0.227. The van der Waals surface area contributed by atoms with E-state index in [0.717, 1.165) is 35.7 Å². The van der Waals surface area contributed by atoms with Gasteiger partial charge in [-0.3, -0.25) is 4.79 Å². The molecule has 0 radical (unpaired) electrons. The highest BCUT2D eigenvalue weighted by Crippen LogP contribution is 2.35. The number of halogens is 1. The van der Waals surface area contributed by atoms with Crippen molar-refractivity contribution in [2.45, 2.75) is 38.8 Å². The number of thiazole rings is 1. The molecule has 142 valence electrons. The highest BCUT2D eigenvalue weighted by Gasteiger charge is 2.25. The van der Waals surface area contributed by atoms with Crippen molar-refractivity contribution in [1.82, 2.24) is 14.8 Å². The molecule has 1 aliphatic rings. The molecule has 27 heavy (non-hydrogen) atoms. The fourth-order valence-corrected chi connectivity index (χ4v) is 4.16. The minimum absolute atomic E-state index is 0. The molecule has 3 aromatic rings. The van der Waals surface area contributed by atoms with Gasteiger partial charge in [-0.1, -0.05) is 24.3 Å². The molecule has 0 saturated heterocycles. The first-order chi connectivity index (χ1) is 12.7. The number of fused-ring (bicyclic) bond motifs is 1. The Balaban J connectivity index is 0.00000210. The smallest absolute Gasteiger partial charge is 0.276 e. The van der Waals surface area contributed by atoms with Crippen molar-refractivity contribution in [3.05, 3.63) is 63.2 Å². The molecule has 1 atom stereocenters. The maximum absolute atomic E-state index is 12.6. The zero-order valence-corrected chi connectivity index (χ0v) is 16.6. The summed E-state index contributed by atoms with van der Waals surface area (Å²) in [5.41, 5.74) is 9.58. The van der Waals surface area contributed by atoms with Gasteiger partial charge in [-0.2, -0.15) is 5.10 Å². The molecule has 1 aliphatic carbocycles. The van der Waals surface area contributed by atoms with Gasteiger partial charge in [-0.15, -0.1) is 23.7 Å². The van der Waals surface area contributed by atoms with E-state index >= 15 is 0 Å². The van der Waals surface area contributed by atoms with Crippen LogP contribution in [0.2, 0.25) is 0 Å². The van der Waals surface area contributed by atoms with E-state index < -0.39 is 0 Å². The van der Waals surface area contributed by atoms with E-state index in [2.05, 4.69) is 39.7 Å². The van der Waals surface area contributed by atoms with E-state index in [1.807, 2.05) is 11.6 Å². The molecule has 8 heteroatoms. The van der Waals surface area contributed by atoms with Gasteiger partial charge in [0.1, 0.15) is 16.5 Å². The minimum Gasteiger partial charge on any atom is -0.325 e. The van der Waals surface area contributed by atoms with Gasteiger partial charge in [-0.05, 0) is 37.3 Å². The number of carbonyl (C=O) groups is 1. The number of nitrogens with one attached hydrogen (secondary N) is 1. The zero-order valence-electron chi connectivity index (χ0n) is 15.0. The van der Waals surface area contributed by atoms with E-state index in [0.29, 0.717) is 12.2 Å². The normalized spacial score (nSPS) is 15.7. The second kappa shape index (κ2) is 8.21. The quantitative estimate of drug-likeness (QED) is 0.695. The predicted octanol–water partition coefficient (Wildman–Crippen LogP) is 3.71. The summed E-state index contributed by atoms with van der Waals surface area (Å²) >= 11 is 1.40. The summed E-state index contributed by atoms with van der Waals surface area (Å²) in [5, 5.41) is 10.1. The number of aryl methyl sites for hydroxylation is 2. The molecule has 0 fully saturated rings. The molecule has 2 aromatic heterocycles. The SMILES string of the molecule is Cc1cnn(C2CCCc3ccccc32)c1NC(=O)c1csc(CN)n1.Cl. The summed E-state index contributed by atoms with van der Waals surface area (Å²) in [5.74, 6) is 0.508. The fraction of sp³-hybridized carbons (Fsp3) is 0.316. The number of hydrogen-bond acceptors (Lipinski definition) is 5. The lowest BCUT2D eigenvalue weighted by molar-refractivity contribution is 0.102. The summed E-state index contributed by atoms with van der Waals surface area (Å²) < 4.78 is 1.95. The second-order valence-corrected chi connectivity index (χ2v) is 7.45. The van der Waals surface area contributed by atoms with Crippen LogP contribution >= 0.6 is 23.7 Å². The number of carbonyl (C=O) groups excluding carboxylic acids is 1. The lowest BCUT2D eigenvalue weighted by Crippen LogP contribution is -2.23. The first kappa shape index (κ1) is 19.5. The molecule has 6 nitrogen and oxygen atoms in total. The fourth-order valence-electron chi connectivity index (χ4n) is 3.50. The molecule has 4 rings (SSSR count). The number of anilines is 1. The average Bonchev–Trinajstić information content (AvgIpc) is 3.29. The van der Waals surface area contributed by atoms with Crippen molar-refractivity contribution in [2.24, 2.45) is 5.73 Å². The summed E-state index contributed by atoms with van der Waals surface area (Å²) in [6.07, 6.45) is 5.02. The lowest BCUT2D eigenvalue weighted by atomic mass is 9.88. The lowest BCUT2D eigenvalue weighted by Gasteiger charge is -2.27. The Morgan fingerprint density at radius 3 is 3.00 bits per heavy atom. The molecule has 0 saturated carbocycles. The van der Waals surface area contributed by atoms with E-state index in [4.69, 9.17) is 5.73 Å². The third-order valence-corrected chi connectivity index (χ3v) is 5.67. The van der Waals surface area contributed by atoms with Gasteiger partial charge in [0.05, 0.1) is 12.2 Å². The molecule has 1 unspecified atom stereocenters. The van der Waals surface area contributed by atoms with Gasteiger partial charge in [0, 0.05) is 17.5 Å². The molecule has 1 aromatic carbocycles. The van der Waals surface area contributed by atoms with Crippen molar-refractivity contribution in [3.8, 4) is 0 Å². The first-order valence-electron chi connectivity index (χ1n) is 8.75. The Morgan fingerprint density at radius 2 is 2.22 bits per heavy atom. The molecule has 2 heterocycles. The summed E-state index contributed by atoms with van der Waals surface area (Å²) in [4.78, 5) is 16.9. The number of rotatable bonds is 4. The van der Waals surface area contributed by atoms with E-state index in [-0.39, 0.29) is 24.4 Å². The van der Waals surface area contributed by atoms with E-state index in [1.165, 1.54) is 22.5 Å². The molecular formula is C19H22ClN5OS. The third kappa shape index (κ3) is 3.76. The molecule has 1 amide bonds. The van der Waals surface area contributed by atoms with Crippen LogP contribution < -0.4 is 11.1 Å². The van der Waals surface area contributed by atoms with Crippen LogP contribution in [-0.2, 0) is 13.0 Å². The Kier molecular flexibility index (Phi) is 5.94. The van der Waals surface area contributed by atoms with Crippen LogP contribution in [0.4, 0.5) is 5.82 Å². The van der Waals surface area contributed by atoms with Gasteiger partial charge in [-0.25, -0.2) is 9.67 Å². The van der Waals surface area contributed by atoms with Crippen LogP contribution in [0.25, 0.3) is 0 Å². The molecule has 0 aliphatic heterocycles. The Morgan fingerprint density at radius 1 is 1.41 bits per heavy atom. The van der Waals surface area contributed by atoms with Gasteiger partial charge >= 0.3 is 0 Å². The summed E-state index contributed by atoms with van der Waals surface area (Å²) in [7, 11) is 0. The van der Waals surface area contributed by atoms with Crippen LogP contribution in [0.15, 0.2) is 35.8 Å². The van der Waals surface area contributed by atoms with Gasteiger partial charge in [0.2, 0.25) is 0 Å². The number of aromatic nitrogens is 3. The van der Waals surface area contributed by atoms with Crippen LogP contribution in [0, 0.1) is 6.92 Å². The van der Waals surface area contributed by atoms with Crippen LogP contribution in [0.1, 0.15) is 51.1 Å². The van der Waals surface area contributed by atoms with Crippen molar-refractivity contribution < 1.29 is 4.79 Å². The largest absolute Gasteiger partial charge is 0.325 e. The van der Waals surface area contributed by atoms with Gasteiger partial charge < -0.3 is 11.1 Å². The van der Waals surface area contributed by atoms with Crippen LogP contribution in [0.3, 0.4) is 0 Å². The third-order valence-electron chi connectivity index (χ3n) is 4.80. The summed E-state index contributed by atoms with van der Waals surface area (Å²) in [6, 6.07) is 8.62. The maximum Gasteiger partial charge on any atom is 0.276 e. The number of nitrogens with two attached hydrogens (primary N) is 1. The zero-order chi connectivity index (χ0) is 18.1. The van der Waals surface area contributed by atoms with E-state index in [9.17, 15) is 4.79 Å². The molecule has 3 N–H and O–H groups in total. The molecular weight excluding hydrogens is 382 g/mol. The first-order valence-corrected chi connectivity index (χ1v) is 9.63. The standard InChI is InChI=1S/C19H21N5OS.ClH/c1-12-10-21-24(16-8-4-6-13-5-2-3-7-14(13)16)18(12)23-19(25)15-11-26-17(9-20)22-15;/h2-3,5,7,10-11,16H,4,6,8-9,20H2,1H3,(H,23,25);1H. The highest BCUT2D eigenvalue weighted by molar-refractivity contribution is 7.09. The van der Waals surface area contributed by atoms with Gasteiger partial charge in [0.15, 0.2) is 0 Å². The topological polar surface area (TPSA) is 85.8 Å². The highest BCUT2D eigenvalue weighted by atomic mass is 35.5. The maximum atomic E-state index is 12.6. The Bertz CT molecular complexity index is 951. The number of nitrogens with zero attached hydrogens (tertiary/aromatic N) is 3. The average molecular weight is 404 g/mol. The molecule has 0 spiro atoms. The Labute approximate surface area is 168 Å². The van der Waals surface area contributed by atoms with Gasteiger partial charge in [0.25, 0.3) is 5.91 Å². The number of amides is 1. The van der Waals surface area contributed by atoms with Crippen molar-refractivity contribution in [2.75, 3.05) is 5.32 Å². The van der Waals surface area contributed by atoms with Crippen LogP contribution in [-0.4, -0.2) is 20.7 Å².